The van der Waals surface area contributed by atoms with E-state index in [0.29, 0.717) is 12.3 Å². The fourth-order valence-corrected chi connectivity index (χ4v) is 6.27. The summed E-state index contributed by atoms with van der Waals surface area (Å²) >= 11 is 0. The second-order valence-electron chi connectivity index (χ2n) is 10.9. The molecular weight excluding hydrogens is 532 g/mol. The van der Waals surface area contributed by atoms with E-state index in [1.54, 1.807) is 54.1 Å². The van der Waals surface area contributed by atoms with Gasteiger partial charge < -0.3 is 25.0 Å². The molecule has 1 aliphatic heterocycles. The van der Waals surface area contributed by atoms with Crippen LogP contribution in [-0.4, -0.2) is 80.2 Å². The Kier molecular flexibility index (Phi) is 9.57. The van der Waals surface area contributed by atoms with E-state index in [2.05, 4.69) is 10.0 Å². The highest BCUT2D eigenvalue weighted by atomic mass is 32.2. The molecule has 0 aromatic heterocycles. The van der Waals surface area contributed by atoms with E-state index in [0.717, 1.165) is 25.7 Å². The molecule has 0 radical (unpaired) electrons. The molecule has 3 amide bonds. The molecule has 4 rings (SSSR count). The number of likely N-dealkylation sites (N-methyl/N-ethyl adjacent to an activating group) is 1. The molecule has 0 bridgehead atoms. The van der Waals surface area contributed by atoms with E-state index < -0.39 is 22.2 Å². The average Bonchev–Trinajstić information content (AvgIpc) is 2.95. The van der Waals surface area contributed by atoms with Gasteiger partial charge in [0, 0.05) is 31.2 Å². The predicted octanol–water partition coefficient (Wildman–Crippen LogP) is 3.68. The van der Waals surface area contributed by atoms with E-state index in [1.807, 2.05) is 6.92 Å². The van der Waals surface area contributed by atoms with Gasteiger partial charge in [0.15, 0.2) is 0 Å². The second-order valence-corrected chi connectivity index (χ2v) is 12.6. The van der Waals surface area contributed by atoms with Gasteiger partial charge in [-0.05, 0) is 50.1 Å². The normalized spacial score (nSPS) is 20.9. The number of hydrogen-bond donors (Lipinski definition) is 3. The number of sulfonamides is 1. The van der Waals surface area contributed by atoms with Crippen LogP contribution in [0.1, 0.15) is 56.3 Å². The van der Waals surface area contributed by atoms with E-state index in [-0.39, 0.29) is 53.2 Å². The first-order chi connectivity index (χ1) is 19.1. The fraction of sp³-hybridized carbons (Fsp3) is 0.517. The molecule has 40 heavy (non-hydrogen) atoms. The van der Waals surface area contributed by atoms with Crippen molar-refractivity contribution in [3.05, 3.63) is 54.1 Å². The maximum Gasteiger partial charge on any atom is 0.317 e. The number of amides is 3. The summed E-state index contributed by atoms with van der Waals surface area (Å²) in [5, 5.41) is 13.0. The minimum Gasteiger partial charge on any atom is -0.487 e. The number of hydrogen-bond acceptors (Lipinski definition) is 6. The number of fused-ring (bicyclic) bond motifs is 1. The van der Waals surface area contributed by atoms with Crippen LogP contribution in [0.5, 0.6) is 5.75 Å². The largest absolute Gasteiger partial charge is 0.487 e. The molecule has 10 nitrogen and oxygen atoms in total. The number of aliphatic hydroxyl groups excluding tert-OH is 1. The SMILES string of the molecule is C[C@@H]1CN([C@H](C)CO)C(=O)c2cc(NS(=O)(=O)c3ccccc3)ccc2O[C@@H]1CN(C)C(=O)NC1CCCCC1. The molecule has 218 valence electrons. The van der Waals surface area contributed by atoms with Gasteiger partial charge in [-0.2, -0.15) is 0 Å². The zero-order chi connectivity index (χ0) is 28.9. The molecule has 0 saturated heterocycles. The van der Waals surface area contributed by atoms with Gasteiger partial charge in [0.05, 0.1) is 29.7 Å². The Morgan fingerprint density at radius 3 is 2.52 bits per heavy atom. The molecule has 2 aromatic carbocycles. The molecular formula is C29H40N4O6S. The van der Waals surface area contributed by atoms with E-state index in [9.17, 15) is 23.1 Å². The van der Waals surface area contributed by atoms with E-state index in [4.69, 9.17) is 4.74 Å². The number of aliphatic hydroxyl groups is 1. The minimum absolute atomic E-state index is 0.100. The summed E-state index contributed by atoms with van der Waals surface area (Å²) in [4.78, 5) is 29.9. The first-order valence-corrected chi connectivity index (χ1v) is 15.4. The zero-order valence-electron chi connectivity index (χ0n) is 23.4. The van der Waals surface area contributed by atoms with Crippen LogP contribution >= 0.6 is 0 Å². The van der Waals surface area contributed by atoms with Gasteiger partial charge in [0.2, 0.25) is 0 Å². The number of urea groups is 1. The lowest BCUT2D eigenvalue weighted by atomic mass is 9.96. The summed E-state index contributed by atoms with van der Waals surface area (Å²) in [6.45, 7) is 4.06. The lowest BCUT2D eigenvalue weighted by Gasteiger charge is -2.38. The van der Waals surface area contributed by atoms with Crippen molar-refractivity contribution in [1.29, 1.82) is 0 Å². The van der Waals surface area contributed by atoms with Crippen molar-refractivity contribution in [2.24, 2.45) is 5.92 Å². The lowest BCUT2D eigenvalue weighted by Crippen LogP contribution is -2.52. The van der Waals surface area contributed by atoms with Gasteiger partial charge in [0.25, 0.3) is 15.9 Å². The molecule has 3 N–H and O–H groups in total. The van der Waals surface area contributed by atoms with E-state index >= 15 is 0 Å². The lowest BCUT2D eigenvalue weighted by molar-refractivity contribution is 0.0366. The Balaban J connectivity index is 1.59. The van der Waals surface area contributed by atoms with Crippen LogP contribution in [0.25, 0.3) is 0 Å². The molecule has 11 heteroatoms. The summed E-state index contributed by atoms with van der Waals surface area (Å²) in [5.41, 5.74) is 0.394. The summed E-state index contributed by atoms with van der Waals surface area (Å²) in [6.07, 6.45) is 4.95. The number of ether oxygens (including phenoxy) is 1. The molecule has 3 atom stereocenters. The molecule has 1 aliphatic carbocycles. The van der Waals surface area contributed by atoms with Crippen LogP contribution in [0.2, 0.25) is 0 Å². The third kappa shape index (κ3) is 7.06. The van der Waals surface area contributed by atoms with E-state index in [1.165, 1.54) is 24.6 Å². The Hall–Kier alpha value is -3.31. The highest BCUT2D eigenvalue weighted by Gasteiger charge is 2.34. The Labute approximate surface area is 236 Å². The van der Waals surface area contributed by atoms with Crippen LogP contribution < -0.4 is 14.8 Å². The molecule has 1 fully saturated rings. The Morgan fingerprint density at radius 2 is 1.85 bits per heavy atom. The number of anilines is 1. The summed E-state index contributed by atoms with van der Waals surface area (Å²) in [7, 11) is -2.14. The summed E-state index contributed by atoms with van der Waals surface area (Å²) < 4.78 is 34.7. The van der Waals surface area contributed by atoms with Gasteiger partial charge in [-0.15, -0.1) is 0 Å². The third-order valence-corrected chi connectivity index (χ3v) is 9.10. The van der Waals surface area contributed by atoms with Crippen LogP contribution in [0.4, 0.5) is 10.5 Å². The quantitative estimate of drug-likeness (QED) is 0.443. The number of carbonyl (C=O) groups excluding carboxylic acids is 2. The van der Waals surface area contributed by atoms with Crippen molar-refractivity contribution >= 4 is 27.6 Å². The maximum atomic E-state index is 13.7. The standard InChI is InChI=1S/C29H40N4O6S/c1-20-17-33(21(2)19-34)28(35)25-16-23(31-40(37,38)24-12-8-5-9-13-24)14-15-26(25)39-27(20)18-32(3)29(36)30-22-10-6-4-7-11-22/h5,8-9,12-16,20-22,27,31,34H,4,6-7,10-11,17-19H2,1-3H3,(H,30,36)/t20-,21-,27-/m1/s1. The van der Waals surface area contributed by atoms with Crippen molar-refractivity contribution in [3.8, 4) is 5.75 Å². The average molecular weight is 573 g/mol. The highest BCUT2D eigenvalue weighted by Crippen LogP contribution is 2.31. The van der Waals surface area contributed by atoms with Gasteiger partial charge in [-0.25, -0.2) is 13.2 Å². The van der Waals surface area contributed by atoms with Crippen molar-refractivity contribution < 1.29 is 27.9 Å². The number of benzene rings is 2. The Morgan fingerprint density at radius 1 is 1.15 bits per heavy atom. The van der Waals surface area contributed by atoms with Crippen LogP contribution in [0.3, 0.4) is 0 Å². The predicted molar refractivity (Wildman–Crippen MR) is 153 cm³/mol. The van der Waals surface area contributed by atoms with Crippen molar-refractivity contribution in [2.45, 2.75) is 69.0 Å². The second kappa shape index (κ2) is 12.9. The maximum absolute atomic E-state index is 13.7. The molecule has 0 spiro atoms. The number of rotatable bonds is 8. The number of nitrogens with one attached hydrogen (secondary N) is 2. The van der Waals surface area contributed by atoms with Crippen molar-refractivity contribution in [2.75, 3.05) is 31.5 Å². The fourth-order valence-electron chi connectivity index (χ4n) is 5.20. The molecule has 1 saturated carbocycles. The first kappa shape index (κ1) is 29.7. The molecule has 2 aliphatic rings. The van der Waals surface area contributed by atoms with Gasteiger partial charge >= 0.3 is 6.03 Å². The topological polar surface area (TPSA) is 128 Å². The highest BCUT2D eigenvalue weighted by molar-refractivity contribution is 7.92. The number of carbonyl (C=O) groups is 2. The molecule has 2 aromatic rings. The zero-order valence-corrected chi connectivity index (χ0v) is 24.2. The number of nitrogens with zero attached hydrogens (tertiary/aromatic N) is 2. The van der Waals surface area contributed by atoms with Gasteiger partial charge in [-0.1, -0.05) is 44.4 Å². The summed E-state index contributed by atoms with van der Waals surface area (Å²) in [6, 6.07) is 12.1. The van der Waals surface area contributed by atoms with Crippen LogP contribution in [0, 0.1) is 5.92 Å². The minimum atomic E-state index is -3.87. The molecule has 0 unspecified atom stereocenters. The monoisotopic (exact) mass is 572 g/mol. The summed E-state index contributed by atoms with van der Waals surface area (Å²) in [5.74, 6) is -0.237. The van der Waals surface area contributed by atoms with Crippen molar-refractivity contribution in [1.82, 2.24) is 15.1 Å². The first-order valence-electron chi connectivity index (χ1n) is 13.9. The van der Waals surface area contributed by atoms with Gasteiger partial charge in [-0.3, -0.25) is 9.52 Å². The smallest absolute Gasteiger partial charge is 0.317 e. The van der Waals surface area contributed by atoms with Crippen LogP contribution in [0.15, 0.2) is 53.4 Å². The van der Waals surface area contributed by atoms with Gasteiger partial charge in [0.1, 0.15) is 11.9 Å². The van der Waals surface area contributed by atoms with Crippen molar-refractivity contribution in [3.63, 3.8) is 0 Å². The molecule has 1 heterocycles. The van der Waals surface area contributed by atoms with Crippen LogP contribution in [-0.2, 0) is 10.0 Å². The Bertz CT molecular complexity index is 1280. The third-order valence-electron chi connectivity index (χ3n) is 7.70.